The number of nitrogens with one attached hydrogen (secondary N) is 2. The molecule has 0 atom stereocenters. The van der Waals surface area contributed by atoms with Gasteiger partial charge in [0.05, 0.1) is 6.20 Å². The third-order valence-electron chi connectivity index (χ3n) is 1.46. The Morgan fingerprint density at radius 1 is 1.00 bits per heavy atom. The molecule has 2 aromatic rings. The average molecular weight is 220 g/mol. The van der Waals surface area contributed by atoms with Crippen LogP contribution in [0.4, 0.5) is 11.5 Å². The third kappa shape index (κ3) is 5.14. The van der Waals surface area contributed by atoms with Gasteiger partial charge in [0.15, 0.2) is 5.82 Å². The molecule has 0 aliphatic rings. The molecule has 4 nitrogen and oxygen atoms in total. The summed E-state index contributed by atoms with van der Waals surface area (Å²) in [7, 11) is 0. The molecule has 0 fully saturated rings. The van der Waals surface area contributed by atoms with Gasteiger partial charge in [0.2, 0.25) is 0 Å². The molecule has 16 heavy (non-hydrogen) atoms. The number of rotatable bonds is 2. The van der Waals surface area contributed by atoms with E-state index < -0.39 is 0 Å². The Morgan fingerprint density at radius 2 is 1.62 bits per heavy atom. The van der Waals surface area contributed by atoms with Gasteiger partial charge in [0.1, 0.15) is 0 Å². The van der Waals surface area contributed by atoms with E-state index in [0.29, 0.717) is 0 Å². The highest BCUT2D eigenvalue weighted by atomic mass is 15.3. The summed E-state index contributed by atoms with van der Waals surface area (Å²) in [5.41, 5.74) is 1.01. The monoisotopic (exact) mass is 220 g/mol. The van der Waals surface area contributed by atoms with Crippen LogP contribution in [0.25, 0.3) is 0 Å². The van der Waals surface area contributed by atoms with Gasteiger partial charge in [0.25, 0.3) is 0 Å². The fourth-order valence-corrected chi connectivity index (χ4v) is 0.931. The van der Waals surface area contributed by atoms with Gasteiger partial charge in [0, 0.05) is 5.69 Å². The SMILES string of the molecule is CC.CC.c1ccc(Nc2cn[nH]n2)cc1. The highest BCUT2D eigenvalue weighted by Gasteiger charge is 1.93. The number of hydrogen-bond acceptors (Lipinski definition) is 3. The molecule has 0 unspecified atom stereocenters. The minimum atomic E-state index is 0.723. The normalized spacial score (nSPS) is 8.00. The summed E-state index contributed by atoms with van der Waals surface area (Å²) < 4.78 is 0. The standard InChI is InChI=1S/C8H8N4.2C2H6/c1-2-4-7(5-3-1)10-8-6-9-12-11-8;2*1-2/h1-6H,(H2,9,10,11,12);2*1-2H3. The number of benzene rings is 1. The molecule has 0 spiro atoms. The molecule has 1 heterocycles. The van der Waals surface area contributed by atoms with Crippen molar-refractivity contribution in [3.8, 4) is 0 Å². The van der Waals surface area contributed by atoms with Crippen LogP contribution in [0.3, 0.4) is 0 Å². The van der Waals surface area contributed by atoms with Gasteiger partial charge in [-0.2, -0.15) is 10.3 Å². The second kappa shape index (κ2) is 9.71. The minimum Gasteiger partial charge on any atom is -0.337 e. The van der Waals surface area contributed by atoms with Crippen LogP contribution >= 0.6 is 0 Å². The van der Waals surface area contributed by atoms with Crippen molar-refractivity contribution in [1.29, 1.82) is 0 Å². The van der Waals surface area contributed by atoms with Gasteiger partial charge in [-0.3, -0.25) is 0 Å². The van der Waals surface area contributed by atoms with Gasteiger partial charge >= 0.3 is 0 Å². The molecule has 2 N–H and O–H groups in total. The van der Waals surface area contributed by atoms with Crippen molar-refractivity contribution < 1.29 is 0 Å². The second-order valence-corrected chi connectivity index (χ2v) is 2.35. The van der Waals surface area contributed by atoms with Crippen molar-refractivity contribution in [1.82, 2.24) is 15.4 Å². The number of aromatic nitrogens is 3. The Bertz CT molecular complexity index is 329. The second-order valence-electron chi connectivity index (χ2n) is 2.35. The lowest BCUT2D eigenvalue weighted by Gasteiger charge is -1.99. The van der Waals surface area contributed by atoms with Crippen molar-refractivity contribution in [3.05, 3.63) is 36.5 Å². The Labute approximate surface area is 97.1 Å². The molecule has 4 heteroatoms. The Kier molecular flexibility index (Phi) is 8.59. The molecule has 2 rings (SSSR count). The number of anilines is 2. The summed E-state index contributed by atoms with van der Waals surface area (Å²) in [5.74, 6) is 0.723. The van der Waals surface area contributed by atoms with Crippen LogP contribution in [0.15, 0.2) is 36.5 Å². The number of para-hydroxylation sites is 1. The lowest BCUT2D eigenvalue weighted by molar-refractivity contribution is 0.942. The average Bonchev–Trinajstić information content (AvgIpc) is 2.88. The van der Waals surface area contributed by atoms with Crippen molar-refractivity contribution in [3.63, 3.8) is 0 Å². The van der Waals surface area contributed by atoms with Crippen molar-refractivity contribution >= 4 is 11.5 Å². The number of hydrogen-bond donors (Lipinski definition) is 2. The van der Waals surface area contributed by atoms with E-state index in [1.165, 1.54) is 0 Å². The van der Waals surface area contributed by atoms with Gasteiger partial charge in [-0.1, -0.05) is 45.9 Å². The molecule has 1 aromatic carbocycles. The summed E-state index contributed by atoms with van der Waals surface area (Å²) >= 11 is 0. The summed E-state index contributed by atoms with van der Waals surface area (Å²) in [5, 5.41) is 13.2. The molecule has 0 bridgehead atoms. The predicted molar refractivity (Wildman–Crippen MR) is 68.8 cm³/mol. The largest absolute Gasteiger partial charge is 0.337 e. The maximum Gasteiger partial charge on any atom is 0.172 e. The molecule has 0 radical (unpaired) electrons. The Hall–Kier alpha value is -1.84. The lowest BCUT2D eigenvalue weighted by Crippen LogP contribution is -1.88. The van der Waals surface area contributed by atoms with E-state index in [-0.39, 0.29) is 0 Å². The van der Waals surface area contributed by atoms with Crippen LogP contribution < -0.4 is 5.32 Å². The van der Waals surface area contributed by atoms with E-state index in [1.54, 1.807) is 6.20 Å². The molecule has 0 aliphatic carbocycles. The summed E-state index contributed by atoms with van der Waals surface area (Å²) in [6.07, 6.45) is 1.63. The highest BCUT2D eigenvalue weighted by Crippen LogP contribution is 2.10. The molecule has 0 amide bonds. The lowest BCUT2D eigenvalue weighted by atomic mass is 10.3. The van der Waals surface area contributed by atoms with E-state index in [2.05, 4.69) is 20.7 Å². The van der Waals surface area contributed by atoms with Gasteiger partial charge in [-0.15, -0.1) is 5.10 Å². The fraction of sp³-hybridized carbons (Fsp3) is 0.333. The first-order valence-corrected chi connectivity index (χ1v) is 5.63. The minimum absolute atomic E-state index is 0.723. The number of nitrogens with zero attached hydrogens (tertiary/aromatic N) is 2. The van der Waals surface area contributed by atoms with Gasteiger partial charge < -0.3 is 5.32 Å². The third-order valence-corrected chi connectivity index (χ3v) is 1.46. The van der Waals surface area contributed by atoms with Crippen LogP contribution in [0.2, 0.25) is 0 Å². The van der Waals surface area contributed by atoms with E-state index >= 15 is 0 Å². The molecular weight excluding hydrogens is 200 g/mol. The molecule has 0 aliphatic heterocycles. The van der Waals surface area contributed by atoms with Crippen LogP contribution in [0.5, 0.6) is 0 Å². The number of H-pyrrole nitrogens is 1. The zero-order valence-electron chi connectivity index (χ0n) is 10.4. The van der Waals surface area contributed by atoms with Crippen LogP contribution in [-0.4, -0.2) is 15.4 Å². The van der Waals surface area contributed by atoms with Crippen molar-refractivity contribution in [2.75, 3.05) is 5.32 Å². The zero-order valence-corrected chi connectivity index (χ0v) is 10.4. The maximum absolute atomic E-state index is 3.86. The Morgan fingerprint density at radius 3 is 2.12 bits per heavy atom. The summed E-state index contributed by atoms with van der Waals surface area (Å²) in [6, 6.07) is 9.82. The molecule has 1 aromatic heterocycles. The molecule has 0 saturated carbocycles. The quantitative estimate of drug-likeness (QED) is 0.813. The van der Waals surface area contributed by atoms with E-state index in [0.717, 1.165) is 11.5 Å². The molecular formula is C12H20N4. The van der Waals surface area contributed by atoms with E-state index in [9.17, 15) is 0 Å². The van der Waals surface area contributed by atoms with Gasteiger partial charge in [-0.05, 0) is 12.1 Å². The highest BCUT2D eigenvalue weighted by molar-refractivity contribution is 5.54. The smallest absolute Gasteiger partial charge is 0.172 e. The van der Waals surface area contributed by atoms with Crippen molar-refractivity contribution in [2.45, 2.75) is 27.7 Å². The first-order valence-electron chi connectivity index (χ1n) is 5.63. The van der Waals surface area contributed by atoms with Crippen LogP contribution in [0.1, 0.15) is 27.7 Å². The maximum atomic E-state index is 3.86. The zero-order chi connectivity index (χ0) is 12.2. The summed E-state index contributed by atoms with van der Waals surface area (Å²) in [4.78, 5) is 0. The Balaban J connectivity index is 0.000000509. The van der Waals surface area contributed by atoms with E-state index in [1.807, 2.05) is 58.0 Å². The predicted octanol–water partition coefficient (Wildman–Crippen LogP) is 3.60. The van der Waals surface area contributed by atoms with E-state index in [4.69, 9.17) is 0 Å². The first-order chi connectivity index (χ1) is 7.95. The summed E-state index contributed by atoms with van der Waals surface area (Å²) in [6.45, 7) is 8.00. The fourth-order valence-electron chi connectivity index (χ4n) is 0.931. The topological polar surface area (TPSA) is 53.6 Å². The van der Waals surface area contributed by atoms with Crippen LogP contribution in [-0.2, 0) is 0 Å². The van der Waals surface area contributed by atoms with Gasteiger partial charge in [-0.25, -0.2) is 0 Å². The molecule has 0 saturated heterocycles. The number of aromatic amines is 1. The first kappa shape index (κ1) is 14.2. The van der Waals surface area contributed by atoms with Crippen LogP contribution in [0, 0.1) is 0 Å². The van der Waals surface area contributed by atoms with Crippen molar-refractivity contribution in [2.24, 2.45) is 0 Å². The molecule has 88 valence electrons.